The van der Waals surface area contributed by atoms with Gasteiger partial charge in [-0.05, 0) is 30.3 Å². The number of anilines is 1. The molecule has 0 aliphatic carbocycles. The standard InChI is InChI=1S/C19H17F2N3O4S/c20-14-5-6-17(21)13(7-14)12-29(25,26)23-15-8-22-24(9-15)10-16-11-27-18-3-1-2-4-19(18)28-16/h1-9,16,23H,10-12H2/t16-/m1/s1. The van der Waals surface area contributed by atoms with Gasteiger partial charge >= 0.3 is 0 Å². The number of benzene rings is 2. The summed E-state index contributed by atoms with van der Waals surface area (Å²) in [5, 5.41) is 4.11. The molecule has 0 unspecified atom stereocenters. The molecule has 10 heteroatoms. The maximum absolute atomic E-state index is 13.7. The van der Waals surface area contributed by atoms with Crippen molar-refractivity contribution in [1.82, 2.24) is 9.78 Å². The molecule has 0 fully saturated rings. The normalized spacial score (nSPS) is 15.9. The molecule has 29 heavy (non-hydrogen) atoms. The molecule has 0 saturated heterocycles. The van der Waals surface area contributed by atoms with Gasteiger partial charge in [-0.3, -0.25) is 9.40 Å². The third-order valence-electron chi connectivity index (χ3n) is 4.22. The van der Waals surface area contributed by atoms with Crippen LogP contribution in [0.3, 0.4) is 0 Å². The van der Waals surface area contributed by atoms with E-state index in [4.69, 9.17) is 9.47 Å². The SMILES string of the molecule is O=S(=O)(Cc1cc(F)ccc1F)Nc1cnn(C[C@@H]2COc3ccccc3O2)c1. The van der Waals surface area contributed by atoms with Gasteiger partial charge in [-0.15, -0.1) is 0 Å². The summed E-state index contributed by atoms with van der Waals surface area (Å²) >= 11 is 0. The van der Waals surface area contributed by atoms with E-state index in [0.29, 0.717) is 24.7 Å². The Kier molecular flexibility index (Phi) is 5.10. The number of nitrogens with zero attached hydrogens (tertiary/aromatic N) is 2. The largest absolute Gasteiger partial charge is 0.486 e. The number of sulfonamides is 1. The van der Waals surface area contributed by atoms with Crippen molar-refractivity contribution in [1.29, 1.82) is 0 Å². The lowest BCUT2D eigenvalue weighted by Crippen LogP contribution is -2.33. The number of ether oxygens (including phenoxy) is 2. The maximum atomic E-state index is 13.7. The molecule has 0 bridgehead atoms. The van der Waals surface area contributed by atoms with Gasteiger partial charge in [0.15, 0.2) is 17.6 Å². The van der Waals surface area contributed by atoms with Gasteiger partial charge in [0.1, 0.15) is 18.2 Å². The lowest BCUT2D eigenvalue weighted by molar-refractivity contribution is 0.0759. The predicted octanol–water partition coefficient (Wildman–Crippen LogP) is 2.94. The molecule has 7 nitrogen and oxygen atoms in total. The fourth-order valence-electron chi connectivity index (χ4n) is 2.95. The first kappa shape index (κ1) is 19.2. The summed E-state index contributed by atoms with van der Waals surface area (Å²) in [6.45, 7) is 0.672. The first-order valence-corrected chi connectivity index (χ1v) is 10.4. The topological polar surface area (TPSA) is 82.5 Å². The van der Waals surface area contributed by atoms with Crippen LogP contribution in [0, 0.1) is 11.6 Å². The molecule has 0 spiro atoms. The minimum atomic E-state index is -3.95. The van der Waals surface area contributed by atoms with Crippen LogP contribution in [0.2, 0.25) is 0 Å². The highest BCUT2D eigenvalue weighted by Gasteiger charge is 2.22. The molecule has 1 aromatic heterocycles. The van der Waals surface area contributed by atoms with Crippen molar-refractivity contribution in [2.24, 2.45) is 0 Å². The van der Waals surface area contributed by atoms with Crippen LogP contribution in [0.15, 0.2) is 54.9 Å². The van der Waals surface area contributed by atoms with Crippen molar-refractivity contribution in [3.05, 3.63) is 72.1 Å². The van der Waals surface area contributed by atoms with E-state index in [1.54, 1.807) is 6.07 Å². The molecule has 4 rings (SSSR count). The van der Waals surface area contributed by atoms with Crippen LogP contribution < -0.4 is 14.2 Å². The first-order chi connectivity index (χ1) is 13.9. The highest BCUT2D eigenvalue weighted by atomic mass is 32.2. The molecule has 1 aliphatic rings. The summed E-state index contributed by atoms with van der Waals surface area (Å²) in [5.41, 5.74) is -0.0461. The molecule has 1 aliphatic heterocycles. The maximum Gasteiger partial charge on any atom is 0.237 e. The average Bonchev–Trinajstić information content (AvgIpc) is 3.10. The van der Waals surface area contributed by atoms with Gasteiger partial charge in [-0.1, -0.05) is 12.1 Å². The predicted molar refractivity (Wildman–Crippen MR) is 101 cm³/mol. The van der Waals surface area contributed by atoms with Crippen LogP contribution in [0.1, 0.15) is 5.56 Å². The number of halogens is 2. The molecule has 2 aromatic carbocycles. The molecule has 2 heterocycles. The monoisotopic (exact) mass is 421 g/mol. The van der Waals surface area contributed by atoms with Crippen molar-refractivity contribution in [2.45, 2.75) is 18.4 Å². The Hall–Kier alpha value is -3.14. The molecule has 3 aromatic rings. The lowest BCUT2D eigenvalue weighted by Gasteiger charge is -2.26. The third-order valence-corrected chi connectivity index (χ3v) is 5.46. The van der Waals surface area contributed by atoms with Crippen LogP contribution in [-0.4, -0.2) is 30.9 Å². The zero-order valence-corrected chi connectivity index (χ0v) is 15.9. The molecule has 152 valence electrons. The summed E-state index contributed by atoms with van der Waals surface area (Å²) < 4.78 is 66.9. The van der Waals surface area contributed by atoms with E-state index in [9.17, 15) is 17.2 Å². The van der Waals surface area contributed by atoms with Gasteiger partial charge in [0, 0.05) is 11.8 Å². The van der Waals surface area contributed by atoms with Crippen molar-refractivity contribution >= 4 is 15.7 Å². The zero-order chi connectivity index (χ0) is 20.4. The second-order valence-corrected chi connectivity index (χ2v) is 8.27. The van der Waals surface area contributed by atoms with Crippen molar-refractivity contribution < 1.29 is 26.7 Å². The fourth-order valence-corrected chi connectivity index (χ4v) is 4.12. The Morgan fingerprint density at radius 3 is 2.79 bits per heavy atom. The zero-order valence-electron chi connectivity index (χ0n) is 15.1. The second-order valence-electron chi connectivity index (χ2n) is 6.55. The number of fused-ring (bicyclic) bond motifs is 1. The molecule has 0 saturated carbocycles. The van der Waals surface area contributed by atoms with Gasteiger partial charge in [0.2, 0.25) is 10.0 Å². The van der Waals surface area contributed by atoms with Crippen LogP contribution in [0.5, 0.6) is 11.5 Å². The number of aromatic nitrogens is 2. The van der Waals surface area contributed by atoms with E-state index >= 15 is 0 Å². The Balaban J connectivity index is 1.39. The van der Waals surface area contributed by atoms with Gasteiger partial charge in [-0.25, -0.2) is 17.2 Å². The Morgan fingerprint density at radius 1 is 1.17 bits per heavy atom. The highest BCUT2D eigenvalue weighted by Crippen LogP contribution is 2.31. The summed E-state index contributed by atoms with van der Waals surface area (Å²) in [5.74, 6) is -0.892. The number of rotatable bonds is 6. The van der Waals surface area contributed by atoms with Crippen molar-refractivity contribution in [3.63, 3.8) is 0 Å². The molecule has 1 N–H and O–H groups in total. The number of hydrogen-bond donors (Lipinski definition) is 1. The van der Waals surface area contributed by atoms with E-state index < -0.39 is 27.4 Å². The van der Waals surface area contributed by atoms with Gasteiger partial charge in [0.05, 0.1) is 24.2 Å². The van der Waals surface area contributed by atoms with Gasteiger partial charge in [0.25, 0.3) is 0 Å². The summed E-state index contributed by atoms with van der Waals surface area (Å²) in [6, 6.07) is 9.98. The number of hydrogen-bond acceptors (Lipinski definition) is 5. The lowest BCUT2D eigenvalue weighted by atomic mass is 10.2. The Morgan fingerprint density at radius 2 is 1.97 bits per heavy atom. The van der Waals surface area contributed by atoms with E-state index in [1.165, 1.54) is 17.1 Å². The van der Waals surface area contributed by atoms with Crippen LogP contribution in [0.4, 0.5) is 14.5 Å². The number of para-hydroxylation sites is 2. The van der Waals surface area contributed by atoms with Crippen molar-refractivity contribution in [3.8, 4) is 11.5 Å². The van der Waals surface area contributed by atoms with E-state index in [2.05, 4.69) is 9.82 Å². The summed E-state index contributed by atoms with van der Waals surface area (Å²) in [6.07, 6.45) is 2.52. The van der Waals surface area contributed by atoms with Crippen LogP contribution in [-0.2, 0) is 22.3 Å². The molecule has 0 amide bonds. The summed E-state index contributed by atoms with van der Waals surface area (Å²) in [4.78, 5) is 0. The first-order valence-electron chi connectivity index (χ1n) is 8.73. The minimum Gasteiger partial charge on any atom is -0.486 e. The smallest absolute Gasteiger partial charge is 0.237 e. The van der Waals surface area contributed by atoms with E-state index in [-0.39, 0.29) is 17.4 Å². The fraction of sp³-hybridized carbons (Fsp3) is 0.211. The minimum absolute atomic E-state index is 0.207. The van der Waals surface area contributed by atoms with Crippen LogP contribution in [0.25, 0.3) is 0 Å². The van der Waals surface area contributed by atoms with Crippen molar-refractivity contribution in [2.75, 3.05) is 11.3 Å². The molecule has 1 atom stereocenters. The van der Waals surface area contributed by atoms with E-state index in [0.717, 1.165) is 18.2 Å². The second kappa shape index (κ2) is 7.70. The Bertz CT molecular complexity index is 1130. The van der Waals surface area contributed by atoms with E-state index in [1.807, 2.05) is 18.2 Å². The summed E-state index contributed by atoms with van der Waals surface area (Å²) in [7, 11) is -3.95. The quantitative estimate of drug-likeness (QED) is 0.662. The molecular formula is C19H17F2N3O4S. The van der Waals surface area contributed by atoms with Gasteiger partial charge < -0.3 is 9.47 Å². The molecular weight excluding hydrogens is 404 g/mol. The number of nitrogens with one attached hydrogen (secondary N) is 1. The third kappa shape index (κ3) is 4.65. The highest BCUT2D eigenvalue weighted by molar-refractivity contribution is 7.91. The average molecular weight is 421 g/mol. The van der Waals surface area contributed by atoms with Crippen LogP contribution >= 0.6 is 0 Å². The Labute approximate surface area is 165 Å². The molecule has 0 radical (unpaired) electrons. The van der Waals surface area contributed by atoms with Gasteiger partial charge in [-0.2, -0.15) is 5.10 Å².